The highest BCUT2D eigenvalue weighted by Crippen LogP contribution is 2.40. The van der Waals surface area contributed by atoms with Crippen LogP contribution in [0.2, 0.25) is 0 Å². The molecule has 0 aliphatic carbocycles. The summed E-state index contributed by atoms with van der Waals surface area (Å²) in [5.74, 6) is 3.55. The molecule has 0 saturated carbocycles. The molecule has 7 nitrogen and oxygen atoms in total. The van der Waals surface area contributed by atoms with Crippen LogP contribution in [-0.4, -0.2) is 34.9 Å². The van der Waals surface area contributed by atoms with Gasteiger partial charge < -0.3 is 0 Å². The summed E-state index contributed by atoms with van der Waals surface area (Å²) in [6, 6.07) is 69.8. The summed E-state index contributed by atoms with van der Waals surface area (Å²) in [7, 11) is 0. The van der Waals surface area contributed by atoms with Crippen LogP contribution < -0.4 is 0 Å². The maximum Gasteiger partial charge on any atom is 0.182 e. The second-order valence-corrected chi connectivity index (χ2v) is 14.2. The van der Waals surface area contributed by atoms with Crippen molar-refractivity contribution in [1.82, 2.24) is 34.9 Å². The minimum atomic E-state index is 0.520. The zero-order valence-corrected chi connectivity index (χ0v) is 32.3. The van der Waals surface area contributed by atoms with Gasteiger partial charge in [-0.25, -0.2) is 29.9 Å². The first-order chi connectivity index (χ1) is 29.7. The molecular weight excluding hydrogens is 735 g/mol. The maximum absolute atomic E-state index is 5.01. The van der Waals surface area contributed by atoms with Gasteiger partial charge in [-0.1, -0.05) is 182 Å². The summed E-state index contributed by atoms with van der Waals surface area (Å²) in [6.45, 7) is 0. The summed E-state index contributed by atoms with van der Waals surface area (Å²) in [6.07, 6.45) is 1.75. The van der Waals surface area contributed by atoms with Crippen LogP contribution in [0.3, 0.4) is 0 Å². The molecule has 0 unspecified atom stereocenters. The average molecular weight is 770 g/mol. The second kappa shape index (κ2) is 16.3. The third-order valence-electron chi connectivity index (χ3n) is 10.3. The van der Waals surface area contributed by atoms with Gasteiger partial charge in [0.15, 0.2) is 34.9 Å². The zero-order valence-electron chi connectivity index (χ0n) is 32.3. The summed E-state index contributed by atoms with van der Waals surface area (Å²) < 4.78 is 0. The van der Waals surface area contributed by atoms with E-state index in [0.717, 1.165) is 61.2 Å². The van der Waals surface area contributed by atoms with Gasteiger partial charge in [0.1, 0.15) is 5.69 Å². The second-order valence-electron chi connectivity index (χ2n) is 14.2. The molecule has 10 aromatic rings. The van der Waals surface area contributed by atoms with Crippen LogP contribution in [0.1, 0.15) is 0 Å². The Morgan fingerprint density at radius 3 is 0.933 bits per heavy atom. The van der Waals surface area contributed by atoms with Crippen molar-refractivity contribution in [3.63, 3.8) is 0 Å². The average Bonchev–Trinajstić information content (AvgIpc) is 3.35. The molecule has 3 heterocycles. The summed E-state index contributed by atoms with van der Waals surface area (Å²) in [5.41, 5.74) is 11.7. The number of pyridine rings is 1. The predicted octanol–water partition coefficient (Wildman–Crippen LogP) is 12.5. The van der Waals surface area contributed by atoms with Crippen LogP contribution in [0.4, 0.5) is 0 Å². The molecule has 282 valence electrons. The van der Waals surface area contributed by atoms with Gasteiger partial charge in [-0.3, -0.25) is 4.98 Å². The van der Waals surface area contributed by atoms with Crippen molar-refractivity contribution in [3.05, 3.63) is 212 Å². The third-order valence-corrected chi connectivity index (χ3v) is 10.3. The molecule has 7 heteroatoms. The number of benzene rings is 7. The number of rotatable bonds is 9. The van der Waals surface area contributed by atoms with Gasteiger partial charge in [-0.2, -0.15) is 0 Å². The molecule has 0 N–H and O–H groups in total. The Labute approximate surface area is 347 Å². The van der Waals surface area contributed by atoms with E-state index in [9.17, 15) is 0 Å². The lowest BCUT2D eigenvalue weighted by Crippen LogP contribution is -2.01. The van der Waals surface area contributed by atoms with Crippen LogP contribution in [-0.2, 0) is 0 Å². The standard InChI is InChI=1S/C53H35N7/c1-4-18-36(19-5-1)48-55-49(37-20-6-2-7-21-37)57-51(56-48)41-26-16-24-39(34-41)43-28-10-12-30-45(43)46-31-13-11-29-44(46)40-25-17-27-42(35-40)52-58-50(38-22-8-3-9-23-38)59-53(60-52)47-32-14-15-33-54-47/h1-35H. The number of aromatic nitrogens is 7. The molecule has 0 aliphatic rings. The van der Waals surface area contributed by atoms with E-state index in [1.807, 2.05) is 115 Å². The quantitative estimate of drug-likeness (QED) is 0.144. The number of hydrogen-bond donors (Lipinski definition) is 0. The first-order valence-corrected chi connectivity index (χ1v) is 19.7. The minimum Gasteiger partial charge on any atom is -0.253 e. The van der Waals surface area contributed by atoms with Crippen molar-refractivity contribution >= 4 is 0 Å². The summed E-state index contributed by atoms with van der Waals surface area (Å²) in [4.78, 5) is 34.2. The summed E-state index contributed by atoms with van der Waals surface area (Å²) in [5, 5.41) is 0. The van der Waals surface area contributed by atoms with Gasteiger partial charge in [0.2, 0.25) is 0 Å². The molecule has 3 aromatic heterocycles. The summed E-state index contributed by atoms with van der Waals surface area (Å²) >= 11 is 0. The molecule has 0 saturated heterocycles. The molecule has 0 radical (unpaired) electrons. The lowest BCUT2D eigenvalue weighted by Gasteiger charge is -2.16. The van der Waals surface area contributed by atoms with Gasteiger partial charge in [0, 0.05) is 34.0 Å². The van der Waals surface area contributed by atoms with Crippen molar-refractivity contribution in [2.75, 3.05) is 0 Å². The molecule has 0 fully saturated rings. The minimum absolute atomic E-state index is 0.520. The van der Waals surface area contributed by atoms with Crippen LogP contribution >= 0.6 is 0 Å². The van der Waals surface area contributed by atoms with Gasteiger partial charge in [0.05, 0.1) is 0 Å². The fraction of sp³-hybridized carbons (Fsp3) is 0. The first kappa shape index (κ1) is 36.1. The molecule has 0 atom stereocenters. The predicted molar refractivity (Wildman–Crippen MR) is 240 cm³/mol. The largest absolute Gasteiger partial charge is 0.253 e. The molecule has 10 rings (SSSR count). The van der Waals surface area contributed by atoms with Crippen LogP contribution in [0, 0.1) is 0 Å². The van der Waals surface area contributed by atoms with Crippen molar-refractivity contribution in [1.29, 1.82) is 0 Å². The molecular formula is C53H35N7. The number of nitrogens with zero attached hydrogens (tertiary/aromatic N) is 7. The number of hydrogen-bond acceptors (Lipinski definition) is 7. The highest BCUT2D eigenvalue weighted by molar-refractivity contribution is 5.93. The molecule has 60 heavy (non-hydrogen) atoms. The Hall–Kier alpha value is -8.29. The molecule has 0 amide bonds. The van der Waals surface area contributed by atoms with E-state index in [0.29, 0.717) is 40.6 Å². The Kier molecular flexibility index (Phi) is 9.79. The monoisotopic (exact) mass is 769 g/mol. The maximum atomic E-state index is 5.01. The van der Waals surface area contributed by atoms with E-state index in [2.05, 4.69) is 96.0 Å². The normalized spacial score (nSPS) is 11.0. The SMILES string of the molecule is c1ccc(-c2nc(-c3ccccc3)nc(-c3cccc(-c4ccccc4-c4ccccc4-c4cccc(-c5nc(-c6ccccc6)nc(-c6ccccn6)n5)c4)c3)n2)cc1. The smallest absolute Gasteiger partial charge is 0.182 e. The van der Waals surface area contributed by atoms with Crippen molar-refractivity contribution < 1.29 is 0 Å². The lowest BCUT2D eigenvalue weighted by atomic mass is 9.88. The van der Waals surface area contributed by atoms with E-state index < -0.39 is 0 Å². The van der Waals surface area contributed by atoms with Crippen molar-refractivity contribution in [2.45, 2.75) is 0 Å². The van der Waals surface area contributed by atoms with Gasteiger partial charge in [-0.05, 0) is 57.6 Å². The van der Waals surface area contributed by atoms with E-state index in [1.54, 1.807) is 6.20 Å². The van der Waals surface area contributed by atoms with Gasteiger partial charge in [0.25, 0.3) is 0 Å². The van der Waals surface area contributed by atoms with E-state index >= 15 is 0 Å². The zero-order chi connectivity index (χ0) is 40.1. The fourth-order valence-electron chi connectivity index (χ4n) is 7.36. The third kappa shape index (κ3) is 7.46. The molecule has 0 bridgehead atoms. The van der Waals surface area contributed by atoms with Gasteiger partial charge >= 0.3 is 0 Å². The van der Waals surface area contributed by atoms with Gasteiger partial charge in [-0.15, -0.1) is 0 Å². The van der Waals surface area contributed by atoms with Crippen LogP contribution in [0.25, 0.3) is 102 Å². The van der Waals surface area contributed by atoms with E-state index in [4.69, 9.17) is 29.9 Å². The topological polar surface area (TPSA) is 90.2 Å². The Morgan fingerprint density at radius 2 is 0.533 bits per heavy atom. The highest BCUT2D eigenvalue weighted by Gasteiger charge is 2.18. The first-order valence-electron chi connectivity index (χ1n) is 19.7. The van der Waals surface area contributed by atoms with Crippen LogP contribution in [0.15, 0.2) is 212 Å². The van der Waals surface area contributed by atoms with Crippen molar-refractivity contribution in [2.24, 2.45) is 0 Å². The Morgan fingerprint density at radius 1 is 0.217 bits per heavy atom. The lowest BCUT2D eigenvalue weighted by molar-refractivity contribution is 1.06. The molecule has 0 spiro atoms. The van der Waals surface area contributed by atoms with E-state index in [-0.39, 0.29) is 0 Å². The highest BCUT2D eigenvalue weighted by atomic mass is 15.0. The molecule has 0 aliphatic heterocycles. The van der Waals surface area contributed by atoms with Crippen LogP contribution in [0.5, 0.6) is 0 Å². The Balaban J connectivity index is 1.05. The fourth-order valence-corrected chi connectivity index (χ4v) is 7.36. The van der Waals surface area contributed by atoms with Crippen molar-refractivity contribution in [3.8, 4) is 102 Å². The Bertz CT molecular complexity index is 2760. The molecule has 7 aromatic carbocycles. The van der Waals surface area contributed by atoms with E-state index in [1.165, 1.54) is 0 Å².